The Hall–Kier alpha value is -2.28. The molecule has 1 heterocycles. The first kappa shape index (κ1) is 13.2. The molecule has 2 aromatic rings. The summed E-state index contributed by atoms with van der Waals surface area (Å²) in [4.78, 5) is 25.3. The molecule has 1 aromatic carbocycles. The van der Waals surface area contributed by atoms with Crippen LogP contribution in [0.1, 0.15) is 17.8 Å². The number of aliphatic carboxylic acids is 1. The van der Waals surface area contributed by atoms with E-state index in [0.29, 0.717) is 16.3 Å². The number of benzene rings is 1. The predicted molar refractivity (Wildman–Crippen MR) is 70.3 cm³/mol. The van der Waals surface area contributed by atoms with Gasteiger partial charge in [0, 0.05) is 23.1 Å². The van der Waals surface area contributed by atoms with Gasteiger partial charge in [0.15, 0.2) is 0 Å². The van der Waals surface area contributed by atoms with Crippen molar-refractivity contribution in [1.29, 1.82) is 0 Å². The fourth-order valence-corrected chi connectivity index (χ4v) is 2.38. The number of carboxylic acids is 1. The van der Waals surface area contributed by atoms with Gasteiger partial charge >= 0.3 is 5.97 Å². The number of nitro groups is 1. The Labute approximate surface area is 112 Å². The van der Waals surface area contributed by atoms with Gasteiger partial charge in [-0.15, -0.1) is 11.3 Å². The summed E-state index contributed by atoms with van der Waals surface area (Å²) in [5, 5.41) is 21.8. The molecule has 0 spiro atoms. The van der Waals surface area contributed by atoms with Crippen LogP contribution in [0.3, 0.4) is 0 Å². The summed E-state index contributed by atoms with van der Waals surface area (Å²) >= 11 is 1.23. The van der Waals surface area contributed by atoms with E-state index in [4.69, 9.17) is 5.11 Å². The predicted octanol–water partition coefficient (Wildman–Crippen LogP) is 2.91. The first-order valence-corrected chi connectivity index (χ1v) is 6.30. The SMILES string of the molecule is CC(C(=O)O)c1nc(-c2cccc([N+](=O)[O-])c2)cs1. The van der Waals surface area contributed by atoms with Gasteiger partial charge in [0.05, 0.1) is 10.6 Å². The van der Waals surface area contributed by atoms with E-state index in [0.717, 1.165) is 0 Å². The first-order valence-electron chi connectivity index (χ1n) is 5.42. The second-order valence-corrected chi connectivity index (χ2v) is 4.83. The lowest BCUT2D eigenvalue weighted by Crippen LogP contribution is -2.06. The number of hydrogen-bond acceptors (Lipinski definition) is 5. The average Bonchev–Trinajstić information content (AvgIpc) is 2.87. The summed E-state index contributed by atoms with van der Waals surface area (Å²) in [7, 11) is 0. The molecule has 1 aromatic heterocycles. The highest BCUT2D eigenvalue weighted by atomic mass is 32.1. The molecule has 0 bridgehead atoms. The summed E-state index contributed by atoms with van der Waals surface area (Å²) < 4.78 is 0. The molecule has 6 nitrogen and oxygen atoms in total. The molecule has 0 amide bonds. The van der Waals surface area contributed by atoms with E-state index in [-0.39, 0.29) is 5.69 Å². The van der Waals surface area contributed by atoms with E-state index in [1.54, 1.807) is 24.4 Å². The number of carbonyl (C=O) groups is 1. The van der Waals surface area contributed by atoms with Crippen molar-refractivity contribution in [2.75, 3.05) is 0 Å². The topological polar surface area (TPSA) is 93.3 Å². The molecule has 0 aliphatic rings. The van der Waals surface area contributed by atoms with Crippen molar-refractivity contribution < 1.29 is 14.8 Å². The monoisotopic (exact) mass is 278 g/mol. The fraction of sp³-hybridized carbons (Fsp3) is 0.167. The molecule has 0 saturated heterocycles. The first-order chi connectivity index (χ1) is 8.99. The Morgan fingerprint density at radius 2 is 2.26 bits per heavy atom. The zero-order chi connectivity index (χ0) is 14.0. The van der Waals surface area contributed by atoms with Crippen LogP contribution in [0.2, 0.25) is 0 Å². The summed E-state index contributed by atoms with van der Waals surface area (Å²) in [6.07, 6.45) is 0. The summed E-state index contributed by atoms with van der Waals surface area (Å²) in [6.45, 7) is 1.55. The Balaban J connectivity index is 2.35. The molecule has 0 fully saturated rings. The minimum Gasteiger partial charge on any atom is -0.481 e. The number of nitrogens with zero attached hydrogens (tertiary/aromatic N) is 2. The van der Waals surface area contributed by atoms with Gasteiger partial charge in [-0.3, -0.25) is 14.9 Å². The van der Waals surface area contributed by atoms with Gasteiger partial charge in [0.25, 0.3) is 5.69 Å². The van der Waals surface area contributed by atoms with Crippen molar-refractivity contribution in [3.8, 4) is 11.3 Å². The molecule has 0 radical (unpaired) electrons. The van der Waals surface area contributed by atoms with E-state index in [1.807, 2.05) is 0 Å². The number of thiazole rings is 1. The third kappa shape index (κ3) is 2.76. The lowest BCUT2D eigenvalue weighted by molar-refractivity contribution is -0.384. The van der Waals surface area contributed by atoms with E-state index in [1.165, 1.54) is 23.5 Å². The number of hydrogen-bond donors (Lipinski definition) is 1. The summed E-state index contributed by atoms with van der Waals surface area (Å²) in [5.41, 5.74) is 1.14. The Bertz CT molecular complexity index is 638. The van der Waals surface area contributed by atoms with Crippen molar-refractivity contribution >= 4 is 23.0 Å². The minimum atomic E-state index is -0.944. The highest BCUT2D eigenvalue weighted by Gasteiger charge is 2.18. The highest BCUT2D eigenvalue weighted by Crippen LogP contribution is 2.28. The fourth-order valence-electron chi connectivity index (χ4n) is 1.50. The molecule has 19 heavy (non-hydrogen) atoms. The maximum atomic E-state index is 10.9. The van der Waals surface area contributed by atoms with Crippen LogP contribution in [0.5, 0.6) is 0 Å². The molecule has 7 heteroatoms. The van der Waals surface area contributed by atoms with E-state index in [2.05, 4.69) is 4.98 Å². The normalized spacial score (nSPS) is 12.1. The van der Waals surface area contributed by atoms with Crippen molar-refractivity contribution in [2.24, 2.45) is 0 Å². The van der Waals surface area contributed by atoms with E-state index < -0.39 is 16.8 Å². The Morgan fingerprint density at radius 3 is 2.89 bits per heavy atom. The number of nitro benzene ring substituents is 1. The zero-order valence-corrected chi connectivity index (χ0v) is 10.8. The van der Waals surface area contributed by atoms with Gasteiger partial charge in [-0.05, 0) is 6.92 Å². The minimum absolute atomic E-state index is 0.0154. The number of non-ortho nitro benzene ring substituents is 1. The molecular weight excluding hydrogens is 268 g/mol. The molecule has 98 valence electrons. The number of aromatic nitrogens is 1. The second-order valence-electron chi connectivity index (χ2n) is 3.94. The quantitative estimate of drug-likeness (QED) is 0.685. The van der Waals surface area contributed by atoms with Gasteiger partial charge in [0.2, 0.25) is 0 Å². The van der Waals surface area contributed by atoms with Crippen LogP contribution in [-0.2, 0) is 4.79 Å². The largest absolute Gasteiger partial charge is 0.481 e. The highest BCUT2D eigenvalue weighted by molar-refractivity contribution is 7.10. The van der Waals surface area contributed by atoms with Gasteiger partial charge < -0.3 is 5.11 Å². The average molecular weight is 278 g/mol. The maximum absolute atomic E-state index is 10.9. The molecule has 0 saturated carbocycles. The molecular formula is C12H10N2O4S. The van der Waals surface area contributed by atoms with Crippen LogP contribution in [0, 0.1) is 10.1 Å². The van der Waals surface area contributed by atoms with Crippen LogP contribution in [0.15, 0.2) is 29.6 Å². The maximum Gasteiger partial charge on any atom is 0.313 e. The third-order valence-corrected chi connectivity index (χ3v) is 3.64. The summed E-state index contributed by atoms with van der Waals surface area (Å²) in [5.74, 6) is -1.63. The molecule has 2 rings (SSSR count). The van der Waals surface area contributed by atoms with Gasteiger partial charge in [0.1, 0.15) is 10.9 Å². The van der Waals surface area contributed by atoms with Gasteiger partial charge in [-0.2, -0.15) is 0 Å². The van der Waals surface area contributed by atoms with Crippen LogP contribution in [0.25, 0.3) is 11.3 Å². The molecule has 0 aliphatic carbocycles. The lowest BCUT2D eigenvalue weighted by atomic mass is 10.1. The van der Waals surface area contributed by atoms with Crippen molar-refractivity contribution in [3.05, 3.63) is 44.8 Å². The molecule has 1 N–H and O–H groups in total. The van der Waals surface area contributed by atoms with Gasteiger partial charge in [-0.25, -0.2) is 4.98 Å². The van der Waals surface area contributed by atoms with E-state index in [9.17, 15) is 14.9 Å². The lowest BCUT2D eigenvalue weighted by Gasteiger charge is -2.00. The summed E-state index contributed by atoms with van der Waals surface area (Å²) in [6, 6.07) is 6.10. The van der Waals surface area contributed by atoms with Crippen molar-refractivity contribution in [2.45, 2.75) is 12.8 Å². The van der Waals surface area contributed by atoms with E-state index >= 15 is 0 Å². The zero-order valence-electron chi connectivity index (χ0n) is 9.94. The van der Waals surface area contributed by atoms with Crippen LogP contribution >= 0.6 is 11.3 Å². The van der Waals surface area contributed by atoms with Crippen LogP contribution in [-0.4, -0.2) is 21.0 Å². The molecule has 1 atom stereocenters. The van der Waals surface area contributed by atoms with Crippen LogP contribution in [0.4, 0.5) is 5.69 Å². The molecule has 1 unspecified atom stereocenters. The smallest absolute Gasteiger partial charge is 0.313 e. The van der Waals surface area contributed by atoms with Gasteiger partial charge in [-0.1, -0.05) is 12.1 Å². The van der Waals surface area contributed by atoms with Crippen molar-refractivity contribution in [1.82, 2.24) is 4.98 Å². The number of rotatable bonds is 4. The Kier molecular flexibility index (Phi) is 3.57. The number of carboxylic acid groups (broad SMARTS) is 1. The third-order valence-electron chi connectivity index (χ3n) is 2.62. The second kappa shape index (κ2) is 5.15. The molecule has 0 aliphatic heterocycles. The Morgan fingerprint density at radius 1 is 1.53 bits per heavy atom. The van der Waals surface area contributed by atoms with Crippen molar-refractivity contribution in [3.63, 3.8) is 0 Å². The van der Waals surface area contributed by atoms with Crippen LogP contribution < -0.4 is 0 Å². The standard InChI is InChI=1S/C12H10N2O4S/c1-7(12(15)16)11-13-10(6-19-11)8-3-2-4-9(5-8)14(17)18/h2-7H,1H3,(H,15,16).